The SMILES string of the molecule is CSc1nc(N)cs1. The Balaban J connectivity index is 2.84. The molecule has 0 fully saturated rings. The Bertz CT molecular complexity index is 172. The summed E-state index contributed by atoms with van der Waals surface area (Å²) in [6.07, 6.45) is 1.98. The van der Waals surface area contributed by atoms with Crippen LogP contribution in [0, 0.1) is 0 Å². The van der Waals surface area contributed by atoms with Crippen LogP contribution in [0.1, 0.15) is 0 Å². The molecule has 0 amide bonds. The first kappa shape index (κ1) is 5.91. The van der Waals surface area contributed by atoms with Gasteiger partial charge < -0.3 is 5.73 Å². The van der Waals surface area contributed by atoms with Gasteiger partial charge in [-0.1, -0.05) is 11.8 Å². The Hall–Kier alpha value is -0.220. The van der Waals surface area contributed by atoms with E-state index in [0.29, 0.717) is 5.82 Å². The summed E-state index contributed by atoms with van der Waals surface area (Å²) in [7, 11) is 0. The predicted octanol–water partition coefficient (Wildman–Crippen LogP) is 1.45. The van der Waals surface area contributed by atoms with Crippen LogP contribution in [0.5, 0.6) is 0 Å². The summed E-state index contributed by atoms with van der Waals surface area (Å²) in [4.78, 5) is 3.99. The first-order valence-electron chi connectivity index (χ1n) is 2.08. The maximum absolute atomic E-state index is 5.34. The Labute approximate surface area is 56.1 Å². The van der Waals surface area contributed by atoms with Gasteiger partial charge >= 0.3 is 0 Å². The summed E-state index contributed by atoms with van der Waals surface area (Å²) < 4.78 is 1.03. The zero-order valence-electron chi connectivity index (χ0n) is 4.42. The topological polar surface area (TPSA) is 38.9 Å². The number of nitrogens with two attached hydrogens (primary N) is 1. The summed E-state index contributed by atoms with van der Waals surface area (Å²) in [6, 6.07) is 0. The number of aromatic nitrogens is 1. The third-order valence-electron chi connectivity index (χ3n) is 0.675. The predicted molar refractivity (Wildman–Crippen MR) is 38.3 cm³/mol. The average molecular weight is 146 g/mol. The molecule has 2 nitrogen and oxygen atoms in total. The standard InChI is InChI=1S/C4H6N2S2/c1-7-4-6-3(5)2-8-4/h2H,5H2,1H3. The molecule has 8 heavy (non-hydrogen) atoms. The smallest absolute Gasteiger partial charge is 0.152 e. The first-order chi connectivity index (χ1) is 3.83. The summed E-state index contributed by atoms with van der Waals surface area (Å²) >= 11 is 3.19. The van der Waals surface area contributed by atoms with E-state index in [1.54, 1.807) is 23.1 Å². The normalized spacial score (nSPS) is 9.62. The lowest BCUT2D eigenvalue weighted by molar-refractivity contribution is 1.26. The molecule has 0 radical (unpaired) electrons. The van der Waals surface area contributed by atoms with Crippen LogP contribution < -0.4 is 5.73 Å². The summed E-state index contributed by atoms with van der Waals surface area (Å²) in [5.74, 6) is 0.624. The van der Waals surface area contributed by atoms with Crippen LogP contribution >= 0.6 is 23.1 Å². The minimum atomic E-state index is 0.624. The number of anilines is 1. The van der Waals surface area contributed by atoms with Gasteiger partial charge in [0.15, 0.2) is 4.34 Å². The van der Waals surface area contributed by atoms with E-state index in [4.69, 9.17) is 5.73 Å². The van der Waals surface area contributed by atoms with E-state index in [0.717, 1.165) is 4.34 Å². The van der Waals surface area contributed by atoms with Gasteiger partial charge in [-0.05, 0) is 6.26 Å². The molecule has 0 bridgehead atoms. The van der Waals surface area contributed by atoms with E-state index < -0.39 is 0 Å². The monoisotopic (exact) mass is 146 g/mol. The van der Waals surface area contributed by atoms with Crippen LogP contribution in [0.15, 0.2) is 9.72 Å². The molecule has 0 aliphatic heterocycles. The molecule has 1 aromatic rings. The van der Waals surface area contributed by atoms with Crippen LogP contribution in [-0.2, 0) is 0 Å². The lowest BCUT2D eigenvalue weighted by Gasteiger charge is -1.79. The average Bonchev–Trinajstić information content (AvgIpc) is 2.14. The fraction of sp³-hybridized carbons (Fsp3) is 0.250. The molecule has 0 saturated heterocycles. The van der Waals surface area contributed by atoms with Crippen molar-refractivity contribution in [2.75, 3.05) is 12.0 Å². The molecule has 0 aliphatic carbocycles. The molecule has 0 unspecified atom stereocenters. The highest BCUT2D eigenvalue weighted by Gasteiger charge is 1.92. The van der Waals surface area contributed by atoms with Crippen molar-refractivity contribution in [3.63, 3.8) is 0 Å². The van der Waals surface area contributed by atoms with Gasteiger partial charge in [0.05, 0.1) is 0 Å². The molecule has 1 rings (SSSR count). The van der Waals surface area contributed by atoms with E-state index in [1.165, 1.54) is 0 Å². The highest BCUT2D eigenvalue weighted by atomic mass is 32.2. The van der Waals surface area contributed by atoms with E-state index in [1.807, 2.05) is 11.6 Å². The van der Waals surface area contributed by atoms with Crippen molar-refractivity contribution in [3.05, 3.63) is 5.38 Å². The molecule has 0 aromatic carbocycles. The lowest BCUT2D eigenvalue weighted by Crippen LogP contribution is -1.81. The number of rotatable bonds is 1. The van der Waals surface area contributed by atoms with E-state index in [2.05, 4.69) is 4.98 Å². The molecule has 0 saturated carbocycles. The van der Waals surface area contributed by atoms with E-state index >= 15 is 0 Å². The van der Waals surface area contributed by atoms with Gasteiger partial charge in [0, 0.05) is 5.38 Å². The maximum atomic E-state index is 5.34. The molecular weight excluding hydrogens is 140 g/mol. The van der Waals surface area contributed by atoms with Crippen LogP contribution in [0.25, 0.3) is 0 Å². The number of nitrogens with zero attached hydrogens (tertiary/aromatic N) is 1. The van der Waals surface area contributed by atoms with Crippen molar-refractivity contribution in [2.24, 2.45) is 0 Å². The zero-order chi connectivity index (χ0) is 5.98. The molecule has 2 N–H and O–H groups in total. The minimum Gasteiger partial charge on any atom is -0.383 e. The van der Waals surface area contributed by atoms with Crippen molar-refractivity contribution in [2.45, 2.75) is 4.34 Å². The van der Waals surface area contributed by atoms with Gasteiger partial charge in [-0.15, -0.1) is 11.3 Å². The Morgan fingerprint density at radius 1 is 1.88 bits per heavy atom. The highest BCUT2D eigenvalue weighted by Crippen LogP contribution is 2.20. The first-order valence-corrected chi connectivity index (χ1v) is 4.18. The molecule has 0 aliphatic rings. The summed E-state index contributed by atoms with van der Waals surface area (Å²) in [5, 5.41) is 1.84. The molecule has 44 valence electrons. The van der Waals surface area contributed by atoms with Crippen LogP contribution in [0.4, 0.5) is 5.82 Å². The largest absolute Gasteiger partial charge is 0.383 e. The second-order valence-corrected chi connectivity index (χ2v) is 3.15. The third-order valence-corrected chi connectivity index (χ3v) is 2.56. The van der Waals surface area contributed by atoms with Gasteiger partial charge in [-0.3, -0.25) is 0 Å². The Morgan fingerprint density at radius 2 is 2.62 bits per heavy atom. The lowest BCUT2D eigenvalue weighted by atomic mass is 10.9. The number of nitrogen functional groups attached to an aromatic ring is 1. The fourth-order valence-electron chi connectivity index (χ4n) is 0.363. The molecule has 4 heteroatoms. The van der Waals surface area contributed by atoms with Gasteiger partial charge in [-0.25, -0.2) is 4.98 Å². The quantitative estimate of drug-likeness (QED) is 0.609. The van der Waals surface area contributed by atoms with Crippen molar-refractivity contribution in [1.29, 1.82) is 0 Å². The fourth-order valence-corrected chi connectivity index (χ4v) is 1.52. The number of hydrogen-bond donors (Lipinski definition) is 1. The van der Waals surface area contributed by atoms with E-state index in [9.17, 15) is 0 Å². The molecule has 0 atom stereocenters. The second-order valence-electron chi connectivity index (χ2n) is 1.24. The minimum absolute atomic E-state index is 0.624. The second kappa shape index (κ2) is 2.37. The number of thioether (sulfide) groups is 1. The Morgan fingerprint density at radius 3 is 2.88 bits per heavy atom. The van der Waals surface area contributed by atoms with Gasteiger partial charge in [0.2, 0.25) is 0 Å². The Kier molecular flexibility index (Phi) is 1.75. The summed E-state index contributed by atoms with van der Waals surface area (Å²) in [6.45, 7) is 0. The van der Waals surface area contributed by atoms with E-state index in [-0.39, 0.29) is 0 Å². The molecule has 1 heterocycles. The van der Waals surface area contributed by atoms with Crippen molar-refractivity contribution < 1.29 is 0 Å². The van der Waals surface area contributed by atoms with Gasteiger partial charge in [0.1, 0.15) is 5.82 Å². The highest BCUT2D eigenvalue weighted by molar-refractivity contribution is 8.00. The molecular formula is C4H6N2S2. The van der Waals surface area contributed by atoms with Crippen molar-refractivity contribution in [3.8, 4) is 0 Å². The van der Waals surface area contributed by atoms with Crippen molar-refractivity contribution >= 4 is 28.9 Å². The number of hydrogen-bond acceptors (Lipinski definition) is 4. The molecule has 0 spiro atoms. The van der Waals surface area contributed by atoms with Crippen molar-refractivity contribution in [1.82, 2.24) is 4.98 Å². The van der Waals surface area contributed by atoms with Crippen LogP contribution in [0.2, 0.25) is 0 Å². The van der Waals surface area contributed by atoms with Gasteiger partial charge in [-0.2, -0.15) is 0 Å². The maximum Gasteiger partial charge on any atom is 0.152 e. The van der Waals surface area contributed by atoms with Crippen LogP contribution in [-0.4, -0.2) is 11.2 Å². The van der Waals surface area contributed by atoms with Gasteiger partial charge in [0.25, 0.3) is 0 Å². The third kappa shape index (κ3) is 1.14. The van der Waals surface area contributed by atoms with Crippen LogP contribution in [0.3, 0.4) is 0 Å². The zero-order valence-corrected chi connectivity index (χ0v) is 6.05. The summed E-state index contributed by atoms with van der Waals surface area (Å²) in [5.41, 5.74) is 5.34. The number of thiazole rings is 1. The molecule has 1 aromatic heterocycles.